The van der Waals surface area contributed by atoms with Crippen molar-refractivity contribution in [2.45, 2.75) is 19.8 Å². The summed E-state index contributed by atoms with van der Waals surface area (Å²) in [5, 5.41) is 2.59. The summed E-state index contributed by atoms with van der Waals surface area (Å²) in [5.74, 6) is 1.01. The third kappa shape index (κ3) is 2.55. The summed E-state index contributed by atoms with van der Waals surface area (Å²) in [7, 11) is 0. The van der Waals surface area contributed by atoms with E-state index >= 15 is 0 Å². The largest absolute Gasteiger partial charge is 0.494 e. The van der Waals surface area contributed by atoms with Gasteiger partial charge in [0.25, 0.3) is 0 Å². The molecule has 2 aromatic carbocycles. The molecule has 0 fully saturated rings. The Morgan fingerprint density at radius 1 is 1.05 bits per heavy atom. The minimum absolute atomic E-state index is 0.729. The molecule has 0 radical (unpaired) electrons. The summed E-state index contributed by atoms with van der Waals surface area (Å²) in [5.41, 5.74) is 2.68. The molecular weight excluding hydrogens is 232 g/mol. The van der Waals surface area contributed by atoms with Gasteiger partial charge in [-0.3, -0.25) is 0 Å². The average molecular weight is 250 g/mol. The topological polar surface area (TPSA) is 9.23 Å². The fourth-order valence-electron chi connectivity index (χ4n) is 2.56. The second-order valence-electron chi connectivity index (χ2n) is 4.81. The summed E-state index contributed by atoms with van der Waals surface area (Å²) in [6, 6.07) is 15.2. The van der Waals surface area contributed by atoms with Gasteiger partial charge < -0.3 is 4.74 Å². The minimum Gasteiger partial charge on any atom is -0.494 e. The van der Waals surface area contributed by atoms with E-state index in [1.165, 1.54) is 21.9 Å². The molecule has 0 heterocycles. The van der Waals surface area contributed by atoms with Gasteiger partial charge in [0.05, 0.1) is 6.61 Å². The first-order valence-corrected chi connectivity index (χ1v) is 6.89. The molecule has 96 valence electrons. The first-order valence-electron chi connectivity index (χ1n) is 6.89. The van der Waals surface area contributed by atoms with E-state index in [1.807, 2.05) is 6.92 Å². The summed E-state index contributed by atoms with van der Waals surface area (Å²) < 4.78 is 5.61. The highest BCUT2D eigenvalue weighted by Crippen LogP contribution is 2.29. The Labute approximate surface area is 114 Å². The molecule has 0 bridgehead atoms. The fraction of sp³-hybridized carbons (Fsp3) is 0.222. The van der Waals surface area contributed by atoms with Crippen molar-refractivity contribution in [1.29, 1.82) is 0 Å². The third-order valence-corrected chi connectivity index (χ3v) is 3.51. The molecular formula is C18H18O. The maximum absolute atomic E-state index is 5.61. The van der Waals surface area contributed by atoms with Crippen molar-refractivity contribution in [3.8, 4) is 0 Å². The van der Waals surface area contributed by atoms with Crippen LogP contribution in [-0.4, -0.2) is 6.61 Å². The van der Waals surface area contributed by atoms with Gasteiger partial charge in [0.15, 0.2) is 0 Å². The predicted octanol–water partition coefficient (Wildman–Crippen LogP) is 4.94. The first kappa shape index (κ1) is 12.0. The van der Waals surface area contributed by atoms with E-state index in [0.717, 1.165) is 25.2 Å². The minimum atomic E-state index is 0.729. The van der Waals surface area contributed by atoms with Gasteiger partial charge in [0, 0.05) is 0 Å². The Morgan fingerprint density at radius 2 is 1.89 bits per heavy atom. The predicted molar refractivity (Wildman–Crippen MR) is 80.9 cm³/mol. The van der Waals surface area contributed by atoms with Crippen LogP contribution in [0, 0.1) is 0 Å². The number of ether oxygens (including phenoxy) is 1. The molecule has 0 unspecified atom stereocenters. The van der Waals surface area contributed by atoms with Crippen molar-refractivity contribution in [3.05, 3.63) is 65.9 Å². The van der Waals surface area contributed by atoms with Crippen LogP contribution in [0.3, 0.4) is 0 Å². The highest BCUT2D eigenvalue weighted by atomic mass is 16.5. The van der Waals surface area contributed by atoms with Crippen LogP contribution in [-0.2, 0) is 4.74 Å². The Hall–Kier alpha value is -2.02. The number of hydrogen-bond donors (Lipinski definition) is 0. The van der Waals surface area contributed by atoms with E-state index in [2.05, 4.69) is 54.6 Å². The Balaban J connectivity index is 1.97. The maximum atomic E-state index is 5.61. The quantitative estimate of drug-likeness (QED) is 0.750. The molecule has 1 aliphatic rings. The normalized spacial score (nSPS) is 15.0. The zero-order valence-electron chi connectivity index (χ0n) is 11.2. The third-order valence-electron chi connectivity index (χ3n) is 3.51. The molecule has 19 heavy (non-hydrogen) atoms. The second kappa shape index (κ2) is 5.31. The van der Waals surface area contributed by atoms with E-state index in [9.17, 15) is 0 Å². The van der Waals surface area contributed by atoms with Crippen LogP contribution in [0.25, 0.3) is 16.3 Å². The van der Waals surface area contributed by atoms with Gasteiger partial charge in [0.1, 0.15) is 5.76 Å². The first-order chi connectivity index (χ1) is 9.36. The molecule has 0 amide bonds. The van der Waals surface area contributed by atoms with Crippen LogP contribution in [0.2, 0.25) is 0 Å². The SMILES string of the molecule is CCOC1=CCCC(c2ccc3ccccc3c2)=C1. The lowest BCUT2D eigenvalue weighted by Gasteiger charge is -2.15. The molecule has 0 N–H and O–H groups in total. The monoisotopic (exact) mass is 250 g/mol. The van der Waals surface area contributed by atoms with Crippen LogP contribution in [0.5, 0.6) is 0 Å². The Kier molecular flexibility index (Phi) is 3.37. The Bertz CT molecular complexity index is 650. The highest BCUT2D eigenvalue weighted by molar-refractivity contribution is 5.86. The number of hydrogen-bond acceptors (Lipinski definition) is 1. The zero-order chi connectivity index (χ0) is 13.1. The van der Waals surface area contributed by atoms with Crippen LogP contribution in [0.4, 0.5) is 0 Å². The number of rotatable bonds is 3. The van der Waals surface area contributed by atoms with Gasteiger partial charge in [-0.05, 0) is 59.9 Å². The smallest absolute Gasteiger partial charge is 0.115 e. The molecule has 1 nitrogen and oxygen atoms in total. The van der Waals surface area contributed by atoms with Gasteiger partial charge in [0.2, 0.25) is 0 Å². The van der Waals surface area contributed by atoms with Crippen LogP contribution in [0.15, 0.2) is 60.4 Å². The van der Waals surface area contributed by atoms with Gasteiger partial charge in [-0.25, -0.2) is 0 Å². The lowest BCUT2D eigenvalue weighted by atomic mass is 9.95. The summed E-state index contributed by atoms with van der Waals surface area (Å²) in [6.07, 6.45) is 6.51. The van der Waals surface area contributed by atoms with Crippen LogP contribution >= 0.6 is 0 Å². The van der Waals surface area contributed by atoms with Crippen molar-refractivity contribution in [3.63, 3.8) is 0 Å². The van der Waals surface area contributed by atoms with Crippen molar-refractivity contribution in [2.75, 3.05) is 6.61 Å². The molecule has 0 aliphatic heterocycles. The molecule has 0 saturated carbocycles. The number of allylic oxidation sites excluding steroid dienone is 3. The van der Waals surface area contributed by atoms with Crippen LogP contribution in [0.1, 0.15) is 25.3 Å². The van der Waals surface area contributed by atoms with Crippen LogP contribution < -0.4 is 0 Å². The zero-order valence-corrected chi connectivity index (χ0v) is 11.2. The maximum Gasteiger partial charge on any atom is 0.115 e. The lowest BCUT2D eigenvalue weighted by molar-refractivity contribution is 0.240. The standard InChI is InChI=1S/C18H18O/c1-2-19-18-9-5-8-16(13-18)17-11-10-14-6-3-4-7-15(14)12-17/h3-4,6-7,9-13H,2,5,8H2,1H3. The van der Waals surface area contributed by atoms with E-state index in [0.29, 0.717) is 0 Å². The molecule has 0 atom stereocenters. The van der Waals surface area contributed by atoms with Gasteiger partial charge in [-0.1, -0.05) is 36.4 Å². The molecule has 2 aromatic rings. The molecule has 0 spiro atoms. The van der Waals surface area contributed by atoms with Crippen molar-refractivity contribution in [1.82, 2.24) is 0 Å². The second-order valence-corrected chi connectivity index (χ2v) is 4.81. The van der Waals surface area contributed by atoms with E-state index in [1.54, 1.807) is 0 Å². The van der Waals surface area contributed by atoms with Gasteiger partial charge >= 0.3 is 0 Å². The molecule has 1 aliphatic carbocycles. The highest BCUT2D eigenvalue weighted by Gasteiger charge is 2.08. The van der Waals surface area contributed by atoms with Crippen molar-refractivity contribution < 1.29 is 4.74 Å². The van der Waals surface area contributed by atoms with E-state index in [-0.39, 0.29) is 0 Å². The molecule has 1 heteroatoms. The summed E-state index contributed by atoms with van der Waals surface area (Å²) >= 11 is 0. The molecule has 3 rings (SSSR count). The number of benzene rings is 2. The lowest BCUT2D eigenvalue weighted by Crippen LogP contribution is -1.96. The molecule has 0 saturated heterocycles. The Morgan fingerprint density at radius 3 is 2.74 bits per heavy atom. The fourth-order valence-corrected chi connectivity index (χ4v) is 2.56. The molecule has 0 aromatic heterocycles. The van der Waals surface area contributed by atoms with Gasteiger partial charge in [-0.15, -0.1) is 0 Å². The number of fused-ring (bicyclic) bond motifs is 1. The van der Waals surface area contributed by atoms with E-state index in [4.69, 9.17) is 4.74 Å². The van der Waals surface area contributed by atoms with Gasteiger partial charge in [-0.2, -0.15) is 0 Å². The average Bonchev–Trinajstić information content (AvgIpc) is 2.47. The van der Waals surface area contributed by atoms with E-state index < -0.39 is 0 Å². The van der Waals surface area contributed by atoms with Crippen molar-refractivity contribution in [2.24, 2.45) is 0 Å². The summed E-state index contributed by atoms with van der Waals surface area (Å²) in [4.78, 5) is 0. The summed E-state index contributed by atoms with van der Waals surface area (Å²) in [6.45, 7) is 2.76. The van der Waals surface area contributed by atoms with Crippen molar-refractivity contribution >= 4 is 16.3 Å².